The molecule has 0 saturated heterocycles. The van der Waals surface area contributed by atoms with Gasteiger partial charge in [0.25, 0.3) is 0 Å². The van der Waals surface area contributed by atoms with Crippen molar-refractivity contribution in [2.75, 3.05) is 25.4 Å². The molecule has 2 rings (SSSR count). The summed E-state index contributed by atoms with van der Waals surface area (Å²) >= 11 is 0. The Hall–Kier alpha value is -1.06. The lowest BCUT2D eigenvalue weighted by molar-refractivity contribution is 0.0823. The Morgan fingerprint density at radius 3 is 2.88 bits per heavy atom. The molecule has 16 heavy (non-hydrogen) atoms. The number of fused-ring (bicyclic) bond motifs is 1. The third kappa shape index (κ3) is 1.81. The minimum atomic E-state index is -0.00991. The van der Waals surface area contributed by atoms with E-state index in [-0.39, 0.29) is 12.1 Å². The third-order valence-electron chi connectivity index (χ3n) is 3.60. The molecular formula is C13H20N2O. The van der Waals surface area contributed by atoms with Gasteiger partial charge in [-0.25, -0.2) is 0 Å². The molecule has 3 nitrogen and oxygen atoms in total. The number of nitrogens with zero attached hydrogens (tertiary/aromatic N) is 1. The summed E-state index contributed by atoms with van der Waals surface area (Å²) in [4.78, 5) is 2.32. The number of rotatable bonds is 2. The minimum Gasteiger partial charge on any atom is -0.399 e. The molecule has 0 atom stereocenters. The molecular weight excluding hydrogens is 200 g/mol. The van der Waals surface area contributed by atoms with Gasteiger partial charge in [-0.2, -0.15) is 0 Å². The van der Waals surface area contributed by atoms with E-state index in [1.54, 1.807) is 0 Å². The van der Waals surface area contributed by atoms with Gasteiger partial charge in [0.1, 0.15) is 0 Å². The molecule has 1 aliphatic rings. The lowest BCUT2D eigenvalue weighted by atomic mass is 9.83. The standard InChI is InChI=1S/C13H20N2O/c1-13(2)12-4-3-11(14)9-10(12)5-6-15(13)7-8-16/h3-4,9,16H,5-8,14H2,1-2H3. The van der Waals surface area contributed by atoms with E-state index in [9.17, 15) is 0 Å². The molecule has 0 aromatic heterocycles. The van der Waals surface area contributed by atoms with Crippen LogP contribution >= 0.6 is 0 Å². The lowest BCUT2D eigenvalue weighted by Gasteiger charge is -2.43. The summed E-state index contributed by atoms with van der Waals surface area (Å²) in [6.07, 6.45) is 1.02. The molecule has 0 fully saturated rings. The summed E-state index contributed by atoms with van der Waals surface area (Å²) in [6, 6.07) is 6.16. The Kier molecular flexibility index (Phi) is 2.91. The molecule has 3 heteroatoms. The van der Waals surface area contributed by atoms with E-state index in [2.05, 4.69) is 30.9 Å². The van der Waals surface area contributed by atoms with Gasteiger partial charge in [-0.3, -0.25) is 4.90 Å². The van der Waals surface area contributed by atoms with Crippen molar-refractivity contribution in [3.8, 4) is 0 Å². The zero-order valence-electron chi connectivity index (χ0n) is 10.0. The van der Waals surface area contributed by atoms with Gasteiger partial charge in [0, 0.05) is 24.3 Å². The molecule has 0 radical (unpaired) electrons. The van der Waals surface area contributed by atoms with E-state index in [0.717, 1.165) is 25.2 Å². The second-order valence-corrected chi connectivity index (χ2v) is 4.94. The van der Waals surface area contributed by atoms with E-state index in [4.69, 9.17) is 10.8 Å². The average molecular weight is 220 g/mol. The maximum atomic E-state index is 9.08. The number of hydrogen-bond acceptors (Lipinski definition) is 3. The van der Waals surface area contributed by atoms with Gasteiger partial charge < -0.3 is 10.8 Å². The molecule has 88 valence electrons. The third-order valence-corrected chi connectivity index (χ3v) is 3.60. The summed E-state index contributed by atoms with van der Waals surface area (Å²) in [7, 11) is 0. The SMILES string of the molecule is CC1(C)c2ccc(N)cc2CCN1CCO. The van der Waals surface area contributed by atoms with E-state index in [1.807, 2.05) is 6.07 Å². The molecule has 0 bridgehead atoms. The molecule has 1 aromatic carbocycles. The first-order valence-electron chi connectivity index (χ1n) is 5.80. The number of aliphatic hydroxyl groups excluding tert-OH is 1. The quantitative estimate of drug-likeness (QED) is 0.740. The van der Waals surface area contributed by atoms with Gasteiger partial charge in [0.05, 0.1) is 6.61 Å². The van der Waals surface area contributed by atoms with Crippen molar-refractivity contribution in [3.63, 3.8) is 0 Å². The summed E-state index contributed by atoms with van der Waals surface area (Å²) in [5.41, 5.74) is 9.32. The molecule has 0 spiro atoms. The van der Waals surface area contributed by atoms with Crippen LogP contribution in [0.1, 0.15) is 25.0 Å². The lowest BCUT2D eigenvalue weighted by Crippen LogP contribution is -2.47. The van der Waals surface area contributed by atoms with E-state index >= 15 is 0 Å². The number of aliphatic hydroxyl groups is 1. The second-order valence-electron chi connectivity index (χ2n) is 4.94. The highest BCUT2D eigenvalue weighted by Crippen LogP contribution is 2.35. The van der Waals surface area contributed by atoms with Crippen LogP contribution in [0.5, 0.6) is 0 Å². The highest BCUT2D eigenvalue weighted by atomic mass is 16.3. The summed E-state index contributed by atoms with van der Waals surface area (Å²) < 4.78 is 0. The van der Waals surface area contributed by atoms with Crippen LogP contribution in [-0.4, -0.2) is 29.7 Å². The number of hydrogen-bond donors (Lipinski definition) is 2. The fourth-order valence-corrected chi connectivity index (χ4v) is 2.63. The average Bonchev–Trinajstić information content (AvgIpc) is 2.22. The zero-order valence-corrected chi connectivity index (χ0v) is 10.0. The topological polar surface area (TPSA) is 49.5 Å². The van der Waals surface area contributed by atoms with Crippen molar-refractivity contribution in [2.24, 2.45) is 0 Å². The molecule has 0 amide bonds. The largest absolute Gasteiger partial charge is 0.399 e. The summed E-state index contributed by atoms with van der Waals surface area (Å²) in [5.74, 6) is 0. The van der Waals surface area contributed by atoms with Gasteiger partial charge in [-0.15, -0.1) is 0 Å². The van der Waals surface area contributed by atoms with Gasteiger partial charge in [-0.1, -0.05) is 6.07 Å². The van der Waals surface area contributed by atoms with Gasteiger partial charge in [0.15, 0.2) is 0 Å². The van der Waals surface area contributed by atoms with E-state index < -0.39 is 0 Å². The Balaban J connectivity index is 2.38. The molecule has 1 aliphatic heterocycles. The van der Waals surface area contributed by atoms with Crippen LogP contribution in [0.15, 0.2) is 18.2 Å². The smallest absolute Gasteiger partial charge is 0.0558 e. The van der Waals surface area contributed by atoms with Crippen molar-refractivity contribution < 1.29 is 5.11 Å². The van der Waals surface area contributed by atoms with Crippen molar-refractivity contribution in [1.82, 2.24) is 4.90 Å². The maximum absolute atomic E-state index is 9.08. The van der Waals surface area contributed by atoms with Crippen LogP contribution in [0, 0.1) is 0 Å². The first-order valence-corrected chi connectivity index (χ1v) is 5.80. The highest BCUT2D eigenvalue weighted by Gasteiger charge is 2.33. The van der Waals surface area contributed by atoms with Gasteiger partial charge in [0.2, 0.25) is 0 Å². The van der Waals surface area contributed by atoms with Crippen molar-refractivity contribution in [3.05, 3.63) is 29.3 Å². The zero-order chi connectivity index (χ0) is 11.8. The van der Waals surface area contributed by atoms with Crippen LogP contribution in [0.25, 0.3) is 0 Å². The Morgan fingerprint density at radius 1 is 1.44 bits per heavy atom. The predicted molar refractivity (Wildman–Crippen MR) is 66.2 cm³/mol. The summed E-state index contributed by atoms with van der Waals surface area (Å²) in [6.45, 7) is 6.35. The summed E-state index contributed by atoms with van der Waals surface area (Å²) in [5, 5.41) is 9.08. The van der Waals surface area contributed by atoms with Gasteiger partial charge >= 0.3 is 0 Å². The van der Waals surface area contributed by atoms with Crippen molar-refractivity contribution >= 4 is 5.69 Å². The predicted octanol–water partition coefficient (Wildman–Crippen LogP) is 1.35. The minimum absolute atomic E-state index is 0.00991. The second kappa shape index (κ2) is 4.07. The molecule has 1 heterocycles. The normalized spacial score (nSPS) is 19.4. The molecule has 0 saturated carbocycles. The number of anilines is 1. The molecule has 0 unspecified atom stereocenters. The van der Waals surface area contributed by atoms with Crippen molar-refractivity contribution in [2.45, 2.75) is 25.8 Å². The maximum Gasteiger partial charge on any atom is 0.0558 e. The van der Waals surface area contributed by atoms with E-state index in [1.165, 1.54) is 11.1 Å². The van der Waals surface area contributed by atoms with Crippen molar-refractivity contribution in [1.29, 1.82) is 0 Å². The fourth-order valence-electron chi connectivity index (χ4n) is 2.63. The van der Waals surface area contributed by atoms with Crippen LogP contribution in [-0.2, 0) is 12.0 Å². The molecule has 0 aliphatic carbocycles. The first kappa shape index (κ1) is 11.4. The van der Waals surface area contributed by atoms with Crippen LogP contribution < -0.4 is 5.73 Å². The van der Waals surface area contributed by atoms with Crippen LogP contribution in [0.2, 0.25) is 0 Å². The Morgan fingerprint density at radius 2 is 2.19 bits per heavy atom. The molecule has 3 N–H and O–H groups in total. The number of β-amino-alcohol motifs (C(OH)–C–C–N with tert-alkyl or cyclic N) is 1. The van der Waals surface area contributed by atoms with E-state index in [0.29, 0.717) is 0 Å². The first-order chi connectivity index (χ1) is 7.55. The highest BCUT2D eigenvalue weighted by molar-refractivity contribution is 5.48. The number of nitrogens with two attached hydrogens (primary N) is 1. The Labute approximate surface area is 96.9 Å². The van der Waals surface area contributed by atoms with Gasteiger partial charge in [-0.05, 0) is 43.5 Å². The number of benzene rings is 1. The van der Waals surface area contributed by atoms with Crippen LogP contribution in [0.3, 0.4) is 0 Å². The Bertz CT molecular complexity index is 388. The number of nitrogen functional groups attached to an aromatic ring is 1. The monoisotopic (exact) mass is 220 g/mol. The van der Waals surface area contributed by atoms with Crippen LogP contribution in [0.4, 0.5) is 5.69 Å². The molecule has 1 aromatic rings. The fraction of sp³-hybridized carbons (Fsp3) is 0.538.